The Bertz CT molecular complexity index is 195. The molecule has 0 saturated carbocycles. The van der Waals surface area contributed by atoms with Gasteiger partial charge in [-0.25, -0.2) is 4.74 Å². The quantitative estimate of drug-likeness (QED) is 0.421. The Labute approximate surface area is 66.9 Å². The van der Waals surface area contributed by atoms with Crippen molar-refractivity contribution in [2.45, 2.75) is 18.3 Å². The van der Waals surface area contributed by atoms with Crippen LogP contribution in [0.5, 0.6) is 0 Å². The Kier molecular flexibility index (Phi) is 2.94. The van der Waals surface area contributed by atoms with Gasteiger partial charge in [-0.15, -0.1) is 13.2 Å². The average molecular weight is 212 g/mol. The smallest absolute Gasteiger partial charge is 0.353 e. The second kappa shape index (κ2) is 3.14. The lowest BCUT2D eigenvalue weighted by Crippen LogP contribution is -2.52. The third-order valence-corrected chi connectivity index (χ3v) is 0.837. The highest BCUT2D eigenvalue weighted by molar-refractivity contribution is 5.61. The molecule has 0 amide bonds. The van der Waals surface area contributed by atoms with Crippen LogP contribution in [0.2, 0.25) is 0 Å². The van der Waals surface area contributed by atoms with Crippen LogP contribution >= 0.6 is 0 Å². The molecule has 1 atom stereocenters. The van der Waals surface area contributed by atoms with Gasteiger partial charge in [0.1, 0.15) is 0 Å². The van der Waals surface area contributed by atoms with Crippen molar-refractivity contribution >= 4 is 6.29 Å². The summed E-state index contributed by atoms with van der Waals surface area (Å²) in [6.07, 6.45) is -13.0. The van der Waals surface area contributed by atoms with E-state index in [9.17, 15) is 31.1 Å². The first-order valence-corrected chi connectivity index (χ1v) is 2.54. The van der Waals surface area contributed by atoms with Crippen LogP contribution in [0.1, 0.15) is 0 Å². The number of hydrogen-bond donors (Lipinski definition) is 1. The summed E-state index contributed by atoms with van der Waals surface area (Å²) >= 11 is 0. The highest BCUT2D eigenvalue weighted by Crippen LogP contribution is 2.34. The van der Waals surface area contributed by atoms with E-state index in [1.54, 1.807) is 0 Å². The van der Waals surface area contributed by atoms with Crippen molar-refractivity contribution in [3.05, 3.63) is 0 Å². The molecule has 0 aliphatic rings. The number of carbonyl (C=O) groups is 1. The molecule has 0 aromatic rings. The summed E-state index contributed by atoms with van der Waals surface area (Å²) in [5, 5.41) is 8.06. The van der Waals surface area contributed by atoms with Gasteiger partial charge < -0.3 is 5.11 Å². The maximum Gasteiger partial charge on any atom is 0.525 e. The van der Waals surface area contributed by atoms with Crippen LogP contribution in [0.15, 0.2) is 0 Å². The SMILES string of the molecule is O=CC(O)(OC(F)(F)F)C(F)(F)F. The van der Waals surface area contributed by atoms with Crippen LogP contribution in [0.3, 0.4) is 0 Å². The van der Waals surface area contributed by atoms with Gasteiger partial charge in [0.25, 0.3) is 0 Å². The molecule has 3 nitrogen and oxygen atoms in total. The predicted octanol–water partition coefficient (Wildman–Crippen LogP) is 0.973. The molecule has 1 N–H and O–H groups in total. The van der Waals surface area contributed by atoms with Gasteiger partial charge in [0.05, 0.1) is 0 Å². The number of aldehydes is 1. The maximum absolute atomic E-state index is 11.5. The monoisotopic (exact) mass is 212 g/mol. The fourth-order valence-corrected chi connectivity index (χ4v) is 0.325. The van der Waals surface area contributed by atoms with Gasteiger partial charge >= 0.3 is 18.3 Å². The van der Waals surface area contributed by atoms with Crippen molar-refractivity contribution < 1.29 is 41.0 Å². The summed E-state index contributed by atoms with van der Waals surface area (Å²) in [7, 11) is 0. The van der Waals surface area contributed by atoms with Crippen LogP contribution in [0.4, 0.5) is 26.3 Å². The molecular formula is C4H2F6O3. The fourth-order valence-electron chi connectivity index (χ4n) is 0.325. The zero-order chi connectivity index (χ0) is 10.9. The summed E-state index contributed by atoms with van der Waals surface area (Å²) in [5.41, 5.74) is 0. The number of aliphatic hydroxyl groups is 1. The van der Waals surface area contributed by atoms with E-state index in [2.05, 4.69) is 4.74 Å². The van der Waals surface area contributed by atoms with E-state index in [0.717, 1.165) is 0 Å². The molecule has 0 bridgehead atoms. The second-order valence-corrected chi connectivity index (χ2v) is 1.86. The Morgan fingerprint density at radius 3 is 1.54 bits per heavy atom. The van der Waals surface area contributed by atoms with E-state index in [1.165, 1.54) is 0 Å². The Morgan fingerprint density at radius 2 is 1.46 bits per heavy atom. The number of hydrogen-bond acceptors (Lipinski definition) is 3. The molecule has 1 unspecified atom stereocenters. The van der Waals surface area contributed by atoms with Crippen molar-refractivity contribution in [1.82, 2.24) is 0 Å². The van der Waals surface area contributed by atoms with Gasteiger partial charge in [-0.1, -0.05) is 0 Å². The predicted molar refractivity (Wildman–Crippen MR) is 24.2 cm³/mol. The summed E-state index contributed by atoms with van der Waals surface area (Å²) < 4.78 is 70.5. The molecule has 9 heteroatoms. The zero-order valence-electron chi connectivity index (χ0n) is 5.61. The normalized spacial score (nSPS) is 18.1. The Balaban J connectivity index is 4.77. The third-order valence-electron chi connectivity index (χ3n) is 0.837. The van der Waals surface area contributed by atoms with Crippen LogP contribution in [0.25, 0.3) is 0 Å². The van der Waals surface area contributed by atoms with Crippen molar-refractivity contribution in [2.75, 3.05) is 0 Å². The van der Waals surface area contributed by atoms with E-state index in [0.29, 0.717) is 0 Å². The first-order valence-electron chi connectivity index (χ1n) is 2.54. The molecular weight excluding hydrogens is 210 g/mol. The first kappa shape index (κ1) is 12.2. The van der Waals surface area contributed by atoms with Gasteiger partial charge in [-0.2, -0.15) is 13.2 Å². The Hall–Kier alpha value is -0.830. The number of halogens is 6. The number of rotatable bonds is 2. The molecule has 0 aromatic heterocycles. The molecule has 13 heavy (non-hydrogen) atoms. The van der Waals surface area contributed by atoms with E-state index in [4.69, 9.17) is 5.11 Å². The van der Waals surface area contributed by atoms with Crippen molar-refractivity contribution in [2.24, 2.45) is 0 Å². The van der Waals surface area contributed by atoms with Crippen molar-refractivity contribution in [3.63, 3.8) is 0 Å². The molecule has 0 aliphatic heterocycles. The molecule has 0 aromatic carbocycles. The zero-order valence-corrected chi connectivity index (χ0v) is 5.61. The maximum atomic E-state index is 11.5. The molecule has 0 aliphatic carbocycles. The van der Waals surface area contributed by atoms with Crippen molar-refractivity contribution in [3.8, 4) is 0 Å². The molecule has 0 saturated heterocycles. The summed E-state index contributed by atoms with van der Waals surface area (Å²) in [6.45, 7) is 0. The summed E-state index contributed by atoms with van der Waals surface area (Å²) in [5.74, 6) is -4.84. The van der Waals surface area contributed by atoms with Gasteiger partial charge in [-0.3, -0.25) is 4.79 Å². The molecule has 0 spiro atoms. The second-order valence-electron chi connectivity index (χ2n) is 1.86. The fraction of sp³-hybridized carbons (Fsp3) is 0.750. The number of ether oxygens (including phenoxy) is 1. The minimum absolute atomic E-state index is 1.39. The summed E-state index contributed by atoms with van der Waals surface area (Å²) in [6, 6.07) is 0. The topological polar surface area (TPSA) is 46.5 Å². The van der Waals surface area contributed by atoms with E-state index in [1.807, 2.05) is 0 Å². The molecule has 0 fully saturated rings. The standard InChI is InChI=1S/C4H2F6O3/c5-3(6,7)2(12,1-11)13-4(8,9)10/h1,12H. The van der Waals surface area contributed by atoms with Gasteiger partial charge in [0, 0.05) is 0 Å². The van der Waals surface area contributed by atoms with E-state index in [-0.39, 0.29) is 0 Å². The highest BCUT2D eigenvalue weighted by atomic mass is 19.4. The minimum atomic E-state index is -5.84. The van der Waals surface area contributed by atoms with Gasteiger partial charge in [0.15, 0.2) is 6.29 Å². The van der Waals surface area contributed by atoms with Crippen LogP contribution in [0, 0.1) is 0 Å². The first-order chi connectivity index (χ1) is 5.52. The van der Waals surface area contributed by atoms with Crippen molar-refractivity contribution in [1.29, 1.82) is 0 Å². The third kappa shape index (κ3) is 3.19. The van der Waals surface area contributed by atoms with Crippen LogP contribution < -0.4 is 0 Å². The largest absolute Gasteiger partial charge is 0.525 e. The van der Waals surface area contributed by atoms with Crippen LogP contribution in [-0.2, 0) is 9.53 Å². The van der Waals surface area contributed by atoms with Gasteiger partial charge in [-0.05, 0) is 0 Å². The lowest BCUT2D eigenvalue weighted by atomic mass is 10.3. The average Bonchev–Trinajstić information content (AvgIpc) is 1.81. The minimum Gasteiger partial charge on any atom is -0.353 e. The molecule has 0 radical (unpaired) electrons. The number of alkyl halides is 6. The van der Waals surface area contributed by atoms with E-state index >= 15 is 0 Å². The van der Waals surface area contributed by atoms with Crippen LogP contribution in [-0.4, -0.2) is 29.7 Å². The highest BCUT2D eigenvalue weighted by Gasteiger charge is 2.61. The van der Waals surface area contributed by atoms with Gasteiger partial charge in [0.2, 0.25) is 0 Å². The Morgan fingerprint density at radius 1 is 1.08 bits per heavy atom. The summed E-state index contributed by atoms with van der Waals surface area (Å²) in [4.78, 5) is 9.56. The van der Waals surface area contributed by atoms with E-state index < -0.39 is 24.6 Å². The lowest BCUT2D eigenvalue weighted by molar-refractivity contribution is -0.447. The molecule has 78 valence electrons. The number of carbonyl (C=O) groups excluding carboxylic acids is 1. The molecule has 0 heterocycles. The lowest BCUT2D eigenvalue weighted by Gasteiger charge is -2.25. The molecule has 0 rings (SSSR count).